The molecule has 0 bridgehead atoms. The van der Waals surface area contributed by atoms with E-state index in [0.29, 0.717) is 5.82 Å². The van der Waals surface area contributed by atoms with Gasteiger partial charge in [-0.05, 0) is 0 Å². The molecular formula is C12H17ClF3N3O. The van der Waals surface area contributed by atoms with Gasteiger partial charge in [-0.15, -0.1) is 0 Å². The Morgan fingerprint density at radius 1 is 1.25 bits per heavy atom. The highest BCUT2D eigenvalue weighted by atomic mass is 35.5. The SMILES string of the molecule is CC(C)(C)c1nc(Cl)cc(N(CCO)CC(F)(F)F)n1. The molecule has 1 rings (SSSR count). The van der Waals surface area contributed by atoms with Crippen molar-refractivity contribution in [1.29, 1.82) is 0 Å². The van der Waals surface area contributed by atoms with E-state index in [9.17, 15) is 13.2 Å². The largest absolute Gasteiger partial charge is 0.405 e. The molecule has 4 nitrogen and oxygen atoms in total. The molecule has 0 fully saturated rings. The number of halogens is 4. The van der Waals surface area contributed by atoms with E-state index in [4.69, 9.17) is 16.7 Å². The predicted octanol–water partition coefficient (Wildman–Crippen LogP) is 2.79. The average molecular weight is 312 g/mol. The van der Waals surface area contributed by atoms with Crippen molar-refractivity contribution in [3.8, 4) is 0 Å². The number of nitrogens with zero attached hydrogens (tertiary/aromatic N) is 3. The van der Waals surface area contributed by atoms with Crippen LogP contribution in [0.2, 0.25) is 5.15 Å². The summed E-state index contributed by atoms with van der Waals surface area (Å²) >= 11 is 5.85. The molecular weight excluding hydrogens is 295 g/mol. The Kier molecular flexibility index (Phi) is 5.21. The molecule has 0 aromatic carbocycles. The van der Waals surface area contributed by atoms with Crippen LogP contribution in [0.25, 0.3) is 0 Å². The molecule has 0 aliphatic rings. The molecule has 20 heavy (non-hydrogen) atoms. The van der Waals surface area contributed by atoms with E-state index in [2.05, 4.69) is 9.97 Å². The average Bonchev–Trinajstić information content (AvgIpc) is 2.24. The normalized spacial score (nSPS) is 12.6. The second-order valence-electron chi connectivity index (χ2n) is 5.38. The highest BCUT2D eigenvalue weighted by Crippen LogP contribution is 2.26. The molecule has 0 saturated carbocycles. The third-order valence-electron chi connectivity index (χ3n) is 2.42. The summed E-state index contributed by atoms with van der Waals surface area (Å²) in [4.78, 5) is 9.09. The molecule has 8 heteroatoms. The first kappa shape index (κ1) is 17.0. The molecule has 0 saturated heterocycles. The first-order valence-electron chi connectivity index (χ1n) is 6.00. The molecule has 0 aliphatic carbocycles. The monoisotopic (exact) mass is 311 g/mol. The lowest BCUT2D eigenvalue weighted by atomic mass is 9.96. The van der Waals surface area contributed by atoms with Crippen LogP contribution in [0.3, 0.4) is 0 Å². The summed E-state index contributed by atoms with van der Waals surface area (Å²) in [5.74, 6) is 0.409. The van der Waals surface area contributed by atoms with Crippen molar-refractivity contribution in [3.63, 3.8) is 0 Å². The van der Waals surface area contributed by atoms with Gasteiger partial charge in [0, 0.05) is 18.0 Å². The highest BCUT2D eigenvalue weighted by Gasteiger charge is 2.32. The number of aliphatic hydroxyl groups is 1. The summed E-state index contributed by atoms with van der Waals surface area (Å²) < 4.78 is 37.7. The van der Waals surface area contributed by atoms with Gasteiger partial charge in [0.15, 0.2) is 0 Å². The van der Waals surface area contributed by atoms with Gasteiger partial charge in [-0.1, -0.05) is 32.4 Å². The Morgan fingerprint density at radius 3 is 2.30 bits per heavy atom. The third-order valence-corrected chi connectivity index (χ3v) is 2.61. The highest BCUT2D eigenvalue weighted by molar-refractivity contribution is 6.29. The molecule has 0 aliphatic heterocycles. The first-order chi connectivity index (χ1) is 9.03. The number of alkyl halides is 3. The zero-order valence-corrected chi connectivity index (χ0v) is 12.3. The molecule has 1 aromatic heterocycles. The van der Waals surface area contributed by atoms with Crippen molar-refractivity contribution in [2.24, 2.45) is 0 Å². The number of rotatable bonds is 4. The molecule has 1 heterocycles. The lowest BCUT2D eigenvalue weighted by Gasteiger charge is -2.26. The number of hydrogen-bond donors (Lipinski definition) is 1. The first-order valence-corrected chi connectivity index (χ1v) is 6.38. The van der Waals surface area contributed by atoms with E-state index in [0.717, 1.165) is 4.90 Å². The van der Waals surface area contributed by atoms with Crippen LogP contribution in [0.5, 0.6) is 0 Å². The zero-order chi connectivity index (χ0) is 15.6. The Hall–Kier alpha value is -1.08. The van der Waals surface area contributed by atoms with Gasteiger partial charge < -0.3 is 10.0 Å². The van der Waals surface area contributed by atoms with Crippen molar-refractivity contribution in [1.82, 2.24) is 9.97 Å². The Morgan fingerprint density at radius 2 is 1.85 bits per heavy atom. The van der Waals surface area contributed by atoms with Crippen molar-refractivity contribution in [2.45, 2.75) is 32.4 Å². The van der Waals surface area contributed by atoms with Gasteiger partial charge >= 0.3 is 6.18 Å². The van der Waals surface area contributed by atoms with E-state index in [1.807, 2.05) is 20.8 Å². The third kappa shape index (κ3) is 5.13. The molecule has 0 amide bonds. The van der Waals surface area contributed by atoms with E-state index < -0.39 is 24.7 Å². The lowest BCUT2D eigenvalue weighted by Crippen LogP contribution is -2.37. The molecule has 1 aromatic rings. The van der Waals surface area contributed by atoms with E-state index in [1.165, 1.54) is 6.07 Å². The molecule has 114 valence electrons. The van der Waals surface area contributed by atoms with Crippen LogP contribution < -0.4 is 4.90 Å². The smallest absolute Gasteiger partial charge is 0.395 e. The second kappa shape index (κ2) is 6.13. The topological polar surface area (TPSA) is 49.2 Å². The van der Waals surface area contributed by atoms with Crippen LogP contribution in [0.4, 0.5) is 19.0 Å². The molecule has 0 unspecified atom stereocenters. The van der Waals surface area contributed by atoms with Crippen molar-refractivity contribution in [3.05, 3.63) is 17.0 Å². The fourth-order valence-electron chi connectivity index (χ4n) is 1.51. The quantitative estimate of drug-likeness (QED) is 0.869. The second-order valence-corrected chi connectivity index (χ2v) is 5.77. The standard InChI is InChI=1S/C12H17ClF3N3O/c1-11(2,3)10-17-8(13)6-9(18-10)19(4-5-20)7-12(14,15)16/h6,20H,4-5,7H2,1-3H3. The molecule has 1 N–H and O–H groups in total. The van der Waals surface area contributed by atoms with Gasteiger partial charge in [0.05, 0.1) is 6.61 Å². The zero-order valence-electron chi connectivity index (χ0n) is 11.5. The summed E-state index contributed by atoms with van der Waals surface area (Å²) in [6.07, 6.45) is -4.39. The van der Waals surface area contributed by atoms with Gasteiger partial charge in [0.1, 0.15) is 23.3 Å². The summed E-state index contributed by atoms with van der Waals surface area (Å²) in [7, 11) is 0. The molecule has 0 atom stereocenters. The van der Waals surface area contributed by atoms with Crippen LogP contribution in [0.15, 0.2) is 6.07 Å². The van der Waals surface area contributed by atoms with Crippen LogP contribution >= 0.6 is 11.6 Å². The van der Waals surface area contributed by atoms with Gasteiger partial charge in [0.25, 0.3) is 0 Å². The lowest BCUT2D eigenvalue weighted by molar-refractivity contribution is -0.120. The summed E-state index contributed by atoms with van der Waals surface area (Å²) in [6.45, 7) is 3.71. The van der Waals surface area contributed by atoms with Crippen molar-refractivity contribution < 1.29 is 18.3 Å². The minimum Gasteiger partial charge on any atom is -0.395 e. The maximum absolute atomic E-state index is 12.6. The summed E-state index contributed by atoms with van der Waals surface area (Å²) in [5, 5.41) is 8.98. The van der Waals surface area contributed by atoms with Gasteiger partial charge in [0.2, 0.25) is 0 Å². The number of aromatic nitrogens is 2. The molecule has 0 radical (unpaired) electrons. The van der Waals surface area contributed by atoms with Crippen LogP contribution in [0.1, 0.15) is 26.6 Å². The van der Waals surface area contributed by atoms with E-state index in [-0.39, 0.29) is 17.5 Å². The van der Waals surface area contributed by atoms with Crippen LogP contribution in [-0.4, -0.2) is 40.9 Å². The number of aliphatic hydroxyl groups excluding tert-OH is 1. The van der Waals surface area contributed by atoms with Crippen molar-refractivity contribution >= 4 is 17.4 Å². The van der Waals surface area contributed by atoms with E-state index >= 15 is 0 Å². The van der Waals surface area contributed by atoms with Gasteiger partial charge in [-0.3, -0.25) is 0 Å². The van der Waals surface area contributed by atoms with E-state index in [1.54, 1.807) is 0 Å². The van der Waals surface area contributed by atoms with Crippen molar-refractivity contribution in [2.75, 3.05) is 24.6 Å². The maximum Gasteiger partial charge on any atom is 0.405 e. The number of anilines is 1. The Bertz CT molecular complexity index is 460. The fraction of sp³-hybridized carbons (Fsp3) is 0.667. The maximum atomic E-state index is 12.6. The summed E-state index contributed by atoms with van der Waals surface area (Å²) in [5.41, 5.74) is -0.442. The van der Waals surface area contributed by atoms with Gasteiger partial charge in [-0.25, -0.2) is 9.97 Å². The number of hydrogen-bond acceptors (Lipinski definition) is 4. The Labute approximate surface area is 120 Å². The minimum absolute atomic E-state index is 0.0568. The van der Waals surface area contributed by atoms with Crippen LogP contribution in [0, 0.1) is 0 Å². The fourth-order valence-corrected chi connectivity index (χ4v) is 1.69. The Balaban J connectivity index is 3.16. The van der Waals surface area contributed by atoms with Gasteiger partial charge in [-0.2, -0.15) is 13.2 Å². The molecule has 0 spiro atoms. The predicted molar refractivity (Wildman–Crippen MR) is 71.1 cm³/mol. The summed E-state index contributed by atoms with van der Waals surface area (Å²) in [6, 6.07) is 1.26. The minimum atomic E-state index is -4.39. The van der Waals surface area contributed by atoms with Crippen LogP contribution in [-0.2, 0) is 5.41 Å².